The summed E-state index contributed by atoms with van der Waals surface area (Å²) >= 11 is 8.77. The zero-order valence-corrected chi connectivity index (χ0v) is 10.9. The van der Waals surface area contributed by atoms with E-state index in [1.807, 2.05) is 0 Å². The van der Waals surface area contributed by atoms with Crippen LogP contribution < -0.4 is 4.74 Å². The lowest BCUT2D eigenvalue weighted by atomic mass is 10.1. The average Bonchev–Trinajstić information content (AvgIpc) is 2.12. The van der Waals surface area contributed by atoms with E-state index in [1.165, 1.54) is 13.0 Å². The Labute approximate surface area is 109 Å². The molecule has 7 heteroatoms. The fraction of sp³-hybridized carbons (Fsp3) is 0.300. The quantitative estimate of drug-likeness (QED) is 0.775. The van der Waals surface area contributed by atoms with Gasteiger partial charge in [-0.15, -0.1) is 24.8 Å². The first-order chi connectivity index (χ1) is 7.69. The van der Waals surface area contributed by atoms with Crippen molar-refractivity contribution in [2.75, 3.05) is 0 Å². The summed E-state index contributed by atoms with van der Waals surface area (Å²) in [5.41, 5.74) is 0.243. The smallest absolute Gasteiger partial charge is 0.406 e. The van der Waals surface area contributed by atoms with E-state index >= 15 is 0 Å². The van der Waals surface area contributed by atoms with Gasteiger partial charge in [0.2, 0.25) is 0 Å². The second kappa shape index (κ2) is 5.27. The molecule has 0 bridgehead atoms. The predicted octanol–water partition coefficient (Wildman–Crippen LogP) is 4.22. The van der Waals surface area contributed by atoms with Gasteiger partial charge in [0.05, 0.1) is 0 Å². The van der Waals surface area contributed by atoms with Crippen LogP contribution in [0.3, 0.4) is 0 Å². The van der Waals surface area contributed by atoms with E-state index in [0.29, 0.717) is 4.47 Å². The van der Waals surface area contributed by atoms with Gasteiger partial charge in [0.1, 0.15) is 11.1 Å². The lowest BCUT2D eigenvalue weighted by molar-refractivity contribution is -0.274. The number of rotatable bonds is 3. The van der Waals surface area contributed by atoms with Crippen LogP contribution in [0.2, 0.25) is 0 Å². The number of carbonyl (C=O) groups excluding carboxylic acids is 1. The zero-order chi connectivity index (χ0) is 13.2. The van der Waals surface area contributed by atoms with Crippen LogP contribution in [0.4, 0.5) is 13.2 Å². The summed E-state index contributed by atoms with van der Waals surface area (Å²) in [4.78, 5) is 11.0. The number of Topliss-reactive ketones (excluding diaryl/α,β-unsaturated/α-hetero) is 1. The van der Waals surface area contributed by atoms with Crippen LogP contribution in [0.5, 0.6) is 5.75 Å². The highest BCUT2D eigenvalue weighted by Gasteiger charge is 2.31. The van der Waals surface area contributed by atoms with Gasteiger partial charge in [0.25, 0.3) is 0 Å². The number of hydrogen-bond acceptors (Lipinski definition) is 2. The zero-order valence-electron chi connectivity index (χ0n) is 8.52. The minimum Gasteiger partial charge on any atom is -0.406 e. The Balaban J connectivity index is 3.06. The fourth-order valence-corrected chi connectivity index (χ4v) is 1.77. The van der Waals surface area contributed by atoms with Crippen molar-refractivity contribution in [3.8, 4) is 5.75 Å². The van der Waals surface area contributed by atoms with Crippen LogP contribution in [0.25, 0.3) is 0 Å². The molecule has 0 heterocycles. The molecule has 1 aromatic carbocycles. The van der Waals surface area contributed by atoms with Crippen molar-refractivity contribution in [3.05, 3.63) is 28.2 Å². The molecule has 0 saturated carbocycles. The second-order valence-corrected chi connectivity index (χ2v) is 4.59. The monoisotopic (exact) mass is 330 g/mol. The Morgan fingerprint density at radius 1 is 1.41 bits per heavy atom. The third kappa shape index (κ3) is 4.55. The maximum absolute atomic E-state index is 12.0. The summed E-state index contributed by atoms with van der Waals surface area (Å²) in [6.45, 7) is 1.25. The molecule has 1 unspecified atom stereocenters. The number of ketones is 1. The molecular weight excluding hydrogens is 324 g/mol. The molecule has 0 fully saturated rings. The van der Waals surface area contributed by atoms with Crippen molar-refractivity contribution < 1.29 is 22.7 Å². The van der Waals surface area contributed by atoms with Gasteiger partial charge in [0.15, 0.2) is 5.78 Å². The highest BCUT2D eigenvalue weighted by Crippen LogP contribution is 2.31. The molecule has 0 radical (unpaired) electrons. The molecule has 1 atom stereocenters. The normalized spacial score (nSPS) is 13.3. The van der Waals surface area contributed by atoms with Gasteiger partial charge in [-0.1, -0.05) is 15.9 Å². The molecule has 0 aliphatic heterocycles. The summed E-state index contributed by atoms with van der Waals surface area (Å²) < 4.78 is 40.2. The van der Waals surface area contributed by atoms with E-state index < -0.39 is 17.5 Å². The fourth-order valence-electron chi connectivity index (χ4n) is 1.16. The summed E-state index contributed by atoms with van der Waals surface area (Å²) in [7, 11) is 0. The lowest BCUT2D eigenvalue weighted by Gasteiger charge is -2.12. The van der Waals surface area contributed by atoms with Gasteiger partial charge in [-0.25, -0.2) is 0 Å². The molecule has 0 aromatic heterocycles. The first-order valence-corrected chi connectivity index (χ1v) is 5.63. The largest absolute Gasteiger partial charge is 0.573 e. The summed E-state index contributed by atoms with van der Waals surface area (Å²) in [6, 6.07) is 3.68. The van der Waals surface area contributed by atoms with Gasteiger partial charge in [-0.3, -0.25) is 4.79 Å². The van der Waals surface area contributed by atoms with Crippen LogP contribution in [0.1, 0.15) is 17.9 Å². The van der Waals surface area contributed by atoms with E-state index in [9.17, 15) is 18.0 Å². The van der Waals surface area contributed by atoms with Crippen LogP contribution in [0, 0.1) is 0 Å². The standard InChI is InChI=1S/C10H7BrClF3O2/c1-5(16)9(12)6-2-7(11)4-8(3-6)17-10(13,14)15/h2-4,9H,1H3. The molecule has 17 heavy (non-hydrogen) atoms. The number of halogens is 5. The number of alkyl halides is 4. The molecule has 0 spiro atoms. The Kier molecular flexibility index (Phi) is 4.43. The van der Waals surface area contributed by atoms with E-state index in [4.69, 9.17) is 11.6 Å². The Morgan fingerprint density at radius 3 is 2.47 bits per heavy atom. The molecule has 1 aromatic rings. The molecule has 0 aliphatic rings. The molecule has 0 amide bonds. The maximum Gasteiger partial charge on any atom is 0.573 e. The molecule has 94 valence electrons. The second-order valence-electron chi connectivity index (χ2n) is 3.24. The molecule has 0 saturated heterocycles. The van der Waals surface area contributed by atoms with E-state index in [2.05, 4.69) is 20.7 Å². The topological polar surface area (TPSA) is 26.3 Å². The lowest BCUT2D eigenvalue weighted by Crippen LogP contribution is -2.17. The van der Waals surface area contributed by atoms with Crippen molar-refractivity contribution >= 4 is 33.3 Å². The maximum atomic E-state index is 12.0. The number of hydrogen-bond donors (Lipinski definition) is 0. The summed E-state index contributed by atoms with van der Waals surface area (Å²) in [5, 5.41) is -0.997. The first-order valence-electron chi connectivity index (χ1n) is 4.40. The number of carbonyl (C=O) groups is 1. The highest BCUT2D eigenvalue weighted by atomic mass is 79.9. The Bertz CT molecular complexity index is 434. The minimum absolute atomic E-state index is 0.243. The van der Waals surface area contributed by atoms with Crippen molar-refractivity contribution in [2.45, 2.75) is 18.7 Å². The molecule has 1 rings (SSSR count). The van der Waals surface area contributed by atoms with Gasteiger partial charge in [-0.2, -0.15) is 0 Å². The molecular formula is C10H7BrClF3O2. The van der Waals surface area contributed by atoms with Gasteiger partial charge in [-0.05, 0) is 30.7 Å². The molecule has 2 nitrogen and oxygen atoms in total. The summed E-state index contributed by atoms with van der Waals surface area (Å²) in [6.07, 6.45) is -4.78. The third-order valence-corrected chi connectivity index (χ3v) is 2.79. The Morgan fingerprint density at radius 2 is 2.00 bits per heavy atom. The number of benzene rings is 1. The molecule has 0 N–H and O–H groups in total. The van der Waals surface area contributed by atoms with Crippen LogP contribution in [0.15, 0.2) is 22.7 Å². The van der Waals surface area contributed by atoms with Gasteiger partial charge in [0, 0.05) is 4.47 Å². The predicted molar refractivity (Wildman–Crippen MR) is 60.1 cm³/mol. The summed E-state index contributed by atoms with van der Waals surface area (Å²) in [5.74, 6) is -0.781. The van der Waals surface area contributed by atoms with Gasteiger partial charge >= 0.3 is 6.36 Å². The average molecular weight is 332 g/mol. The van der Waals surface area contributed by atoms with Gasteiger partial charge < -0.3 is 4.74 Å². The van der Waals surface area contributed by atoms with Crippen molar-refractivity contribution in [2.24, 2.45) is 0 Å². The van der Waals surface area contributed by atoms with E-state index in [1.54, 1.807) is 0 Å². The van der Waals surface area contributed by atoms with Crippen molar-refractivity contribution in [3.63, 3.8) is 0 Å². The highest BCUT2D eigenvalue weighted by molar-refractivity contribution is 9.10. The van der Waals surface area contributed by atoms with Crippen molar-refractivity contribution in [1.82, 2.24) is 0 Å². The SMILES string of the molecule is CC(=O)C(Cl)c1cc(Br)cc(OC(F)(F)F)c1. The van der Waals surface area contributed by atoms with Crippen LogP contribution >= 0.6 is 27.5 Å². The Hall–Kier alpha value is -0.750. The van der Waals surface area contributed by atoms with E-state index in [-0.39, 0.29) is 11.3 Å². The number of ether oxygens (including phenoxy) is 1. The van der Waals surface area contributed by atoms with E-state index in [0.717, 1.165) is 12.1 Å². The van der Waals surface area contributed by atoms with Crippen molar-refractivity contribution in [1.29, 1.82) is 0 Å². The third-order valence-electron chi connectivity index (χ3n) is 1.78. The minimum atomic E-state index is -4.78. The molecule has 0 aliphatic carbocycles. The van der Waals surface area contributed by atoms with Crippen LogP contribution in [-0.4, -0.2) is 12.1 Å². The first kappa shape index (κ1) is 14.3. The van der Waals surface area contributed by atoms with Crippen LogP contribution in [-0.2, 0) is 4.79 Å².